The van der Waals surface area contributed by atoms with Gasteiger partial charge in [0.1, 0.15) is 5.82 Å². The van der Waals surface area contributed by atoms with Crippen LogP contribution in [-0.4, -0.2) is 34.8 Å². The smallest absolute Gasteiger partial charge is 0.360 e. The van der Waals surface area contributed by atoms with Gasteiger partial charge in [0.25, 0.3) is 0 Å². The van der Waals surface area contributed by atoms with E-state index in [0.717, 1.165) is 16.7 Å². The minimum atomic E-state index is -0.779. The summed E-state index contributed by atoms with van der Waals surface area (Å²) in [6.07, 6.45) is 1.75. The van der Waals surface area contributed by atoms with Crippen molar-refractivity contribution in [3.05, 3.63) is 94.1 Å². The lowest BCUT2D eigenvalue weighted by molar-refractivity contribution is 0.0518. The van der Waals surface area contributed by atoms with Gasteiger partial charge in [-0.3, -0.25) is 0 Å². The summed E-state index contributed by atoms with van der Waals surface area (Å²) >= 11 is 0. The molecule has 0 aliphatic heterocycles. The second kappa shape index (κ2) is 12.2. The first kappa shape index (κ1) is 25.3. The first-order valence-electron chi connectivity index (χ1n) is 11.0. The number of halogens is 1. The van der Waals surface area contributed by atoms with E-state index in [-0.39, 0.29) is 28.9 Å². The van der Waals surface area contributed by atoms with Crippen molar-refractivity contribution >= 4 is 5.97 Å². The molecule has 1 atom stereocenters. The summed E-state index contributed by atoms with van der Waals surface area (Å²) in [5.41, 5.74) is 3.33. The first-order valence-corrected chi connectivity index (χ1v) is 11.0. The highest BCUT2D eigenvalue weighted by molar-refractivity contribution is 5.90. The topological polar surface area (TPSA) is 101 Å². The minimum Gasteiger partial charge on any atom is -0.505 e. The van der Waals surface area contributed by atoms with Crippen LogP contribution in [0, 0.1) is 5.82 Å². The fourth-order valence-corrected chi connectivity index (χ4v) is 3.65. The SMILES string of the molecule is COC(=O)c1ncc(CNCCc2ccc(F)cc2C(C)OCc2ccccc2)c(CO)c1O. The molecule has 0 saturated carbocycles. The first-order chi connectivity index (χ1) is 16.4. The number of aromatic hydroxyl groups is 1. The lowest BCUT2D eigenvalue weighted by atomic mass is 10.00. The molecule has 0 aliphatic rings. The third-order valence-electron chi connectivity index (χ3n) is 5.56. The largest absolute Gasteiger partial charge is 0.505 e. The summed E-state index contributed by atoms with van der Waals surface area (Å²) in [6.45, 7) is 2.74. The van der Waals surface area contributed by atoms with Gasteiger partial charge in [0, 0.05) is 18.3 Å². The number of carbonyl (C=O) groups is 1. The number of nitrogens with one attached hydrogen (secondary N) is 1. The van der Waals surface area contributed by atoms with E-state index < -0.39 is 12.6 Å². The number of hydrogen-bond donors (Lipinski definition) is 3. The molecule has 1 heterocycles. The van der Waals surface area contributed by atoms with Gasteiger partial charge in [-0.25, -0.2) is 14.2 Å². The van der Waals surface area contributed by atoms with Crippen molar-refractivity contribution in [3.63, 3.8) is 0 Å². The molecule has 34 heavy (non-hydrogen) atoms. The standard InChI is InChI=1S/C26H29FN2O5/c1-17(34-16-18-6-4-3-5-7-18)22-12-21(27)9-8-19(22)10-11-28-13-20-14-29-24(26(32)33-2)25(31)23(20)15-30/h3-9,12,14,17,28,30-31H,10-11,13,15-16H2,1-2H3. The number of hydrogen-bond acceptors (Lipinski definition) is 7. The number of esters is 1. The molecule has 1 aromatic heterocycles. The zero-order valence-corrected chi connectivity index (χ0v) is 19.3. The van der Waals surface area contributed by atoms with E-state index in [2.05, 4.69) is 15.0 Å². The number of nitrogens with zero attached hydrogens (tertiary/aromatic N) is 1. The Labute approximate surface area is 198 Å². The van der Waals surface area contributed by atoms with Crippen molar-refractivity contribution in [1.29, 1.82) is 0 Å². The van der Waals surface area contributed by atoms with Crippen LogP contribution >= 0.6 is 0 Å². The second-order valence-electron chi connectivity index (χ2n) is 7.82. The van der Waals surface area contributed by atoms with Crippen LogP contribution in [0.3, 0.4) is 0 Å². The van der Waals surface area contributed by atoms with E-state index in [0.29, 0.717) is 31.7 Å². The summed E-state index contributed by atoms with van der Waals surface area (Å²) in [6, 6.07) is 14.5. The number of rotatable bonds is 11. The Morgan fingerprint density at radius 3 is 2.65 bits per heavy atom. The van der Waals surface area contributed by atoms with Crippen molar-refractivity contribution in [2.24, 2.45) is 0 Å². The Morgan fingerprint density at radius 1 is 1.18 bits per heavy atom. The van der Waals surface area contributed by atoms with Crippen molar-refractivity contribution in [3.8, 4) is 5.75 Å². The Kier molecular flexibility index (Phi) is 9.09. The lowest BCUT2D eigenvalue weighted by Gasteiger charge is -2.18. The predicted octanol–water partition coefficient (Wildman–Crippen LogP) is 3.82. The average molecular weight is 469 g/mol. The summed E-state index contributed by atoms with van der Waals surface area (Å²) < 4.78 is 24.5. The van der Waals surface area contributed by atoms with E-state index in [9.17, 15) is 19.4 Å². The number of carbonyl (C=O) groups excluding carboxylic acids is 1. The Morgan fingerprint density at radius 2 is 1.94 bits per heavy atom. The van der Waals surface area contributed by atoms with Gasteiger partial charge >= 0.3 is 5.97 Å². The zero-order valence-electron chi connectivity index (χ0n) is 19.3. The van der Waals surface area contributed by atoms with Crippen LogP contribution in [0.15, 0.2) is 54.7 Å². The van der Waals surface area contributed by atoms with Gasteiger partial charge in [-0.15, -0.1) is 0 Å². The van der Waals surface area contributed by atoms with Gasteiger partial charge in [-0.2, -0.15) is 0 Å². The third-order valence-corrected chi connectivity index (χ3v) is 5.56. The predicted molar refractivity (Wildman–Crippen MR) is 125 cm³/mol. The van der Waals surface area contributed by atoms with Gasteiger partial charge in [0.05, 0.1) is 26.4 Å². The van der Waals surface area contributed by atoms with Crippen molar-refractivity contribution in [2.75, 3.05) is 13.7 Å². The molecule has 0 bridgehead atoms. The molecule has 2 aromatic carbocycles. The second-order valence-corrected chi connectivity index (χ2v) is 7.82. The van der Waals surface area contributed by atoms with E-state index in [1.54, 1.807) is 6.07 Å². The molecule has 8 heteroatoms. The van der Waals surface area contributed by atoms with Gasteiger partial charge in [0.2, 0.25) is 0 Å². The number of aliphatic hydroxyl groups excluding tert-OH is 1. The molecule has 0 fully saturated rings. The third kappa shape index (κ3) is 6.38. The number of pyridine rings is 1. The summed E-state index contributed by atoms with van der Waals surface area (Å²) in [7, 11) is 1.19. The molecule has 180 valence electrons. The minimum absolute atomic E-state index is 0.216. The number of aromatic nitrogens is 1. The van der Waals surface area contributed by atoms with Crippen molar-refractivity contribution in [1.82, 2.24) is 10.3 Å². The van der Waals surface area contributed by atoms with Crippen LogP contribution in [0.4, 0.5) is 4.39 Å². The maximum Gasteiger partial charge on any atom is 0.360 e. The molecule has 0 saturated heterocycles. The molecule has 0 radical (unpaired) electrons. The van der Waals surface area contributed by atoms with E-state index in [4.69, 9.17) is 4.74 Å². The van der Waals surface area contributed by atoms with Gasteiger partial charge < -0.3 is 25.0 Å². The van der Waals surface area contributed by atoms with Crippen LogP contribution in [0.5, 0.6) is 5.75 Å². The van der Waals surface area contributed by atoms with Gasteiger partial charge in [0.15, 0.2) is 11.4 Å². The van der Waals surface area contributed by atoms with Crippen molar-refractivity contribution in [2.45, 2.75) is 39.2 Å². The molecular weight excluding hydrogens is 439 g/mol. The Bertz CT molecular complexity index is 1110. The highest BCUT2D eigenvalue weighted by Gasteiger charge is 2.19. The Balaban J connectivity index is 1.62. The number of aliphatic hydroxyl groups is 1. The van der Waals surface area contributed by atoms with Crippen LogP contribution in [-0.2, 0) is 35.7 Å². The molecule has 3 N–H and O–H groups in total. The molecule has 0 spiro atoms. The fourth-order valence-electron chi connectivity index (χ4n) is 3.65. The molecule has 3 aromatic rings. The van der Waals surface area contributed by atoms with E-state index >= 15 is 0 Å². The number of benzene rings is 2. The summed E-state index contributed by atoms with van der Waals surface area (Å²) in [5.74, 6) is -1.49. The quantitative estimate of drug-likeness (QED) is 0.291. The van der Waals surface area contributed by atoms with Gasteiger partial charge in [-0.1, -0.05) is 36.4 Å². The lowest BCUT2D eigenvalue weighted by Crippen LogP contribution is -2.19. The van der Waals surface area contributed by atoms with E-state index in [1.165, 1.54) is 25.4 Å². The molecule has 7 nitrogen and oxygen atoms in total. The molecule has 0 aliphatic carbocycles. The van der Waals surface area contributed by atoms with Gasteiger partial charge in [-0.05, 0) is 54.3 Å². The summed E-state index contributed by atoms with van der Waals surface area (Å²) in [5, 5.41) is 23.2. The zero-order chi connectivity index (χ0) is 24.5. The highest BCUT2D eigenvalue weighted by atomic mass is 19.1. The van der Waals surface area contributed by atoms with Crippen molar-refractivity contribution < 1.29 is 28.9 Å². The maximum atomic E-state index is 14.0. The molecule has 0 amide bonds. The van der Waals surface area contributed by atoms with Crippen LogP contribution < -0.4 is 5.32 Å². The normalized spacial score (nSPS) is 11.9. The number of ether oxygens (including phenoxy) is 2. The van der Waals surface area contributed by atoms with Crippen LogP contribution in [0.25, 0.3) is 0 Å². The average Bonchev–Trinajstić information content (AvgIpc) is 2.86. The monoisotopic (exact) mass is 468 g/mol. The molecule has 1 unspecified atom stereocenters. The maximum absolute atomic E-state index is 14.0. The Hall–Kier alpha value is -3.33. The van der Waals surface area contributed by atoms with E-state index in [1.807, 2.05) is 37.3 Å². The highest BCUT2D eigenvalue weighted by Crippen LogP contribution is 2.26. The fraction of sp³-hybridized carbons (Fsp3) is 0.308. The molecule has 3 rings (SSSR count). The van der Waals surface area contributed by atoms with Crippen LogP contribution in [0.2, 0.25) is 0 Å². The number of methoxy groups -OCH3 is 1. The molecular formula is C26H29FN2O5. The summed E-state index contributed by atoms with van der Waals surface area (Å²) in [4.78, 5) is 15.6. The van der Waals surface area contributed by atoms with Crippen LogP contribution in [0.1, 0.15) is 51.3 Å².